The summed E-state index contributed by atoms with van der Waals surface area (Å²) in [7, 11) is 1.53. The van der Waals surface area contributed by atoms with Crippen molar-refractivity contribution in [3.05, 3.63) is 35.9 Å². The predicted octanol–water partition coefficient (Wildman–Crippen LogP) is 1.86. The minimum absolute atomic E-state index is 0.149. The van der Waals surface area contributed by atoms with Gasteiger partial charge in [0.05, 0.1) is 13.2 Å². The lowest BCUT2D eigenvalue weighted by atomic mass is 9.90. The first-order chi connectivity index (χ1) is 8.62. The number of carbonyl (C=O) groups is 1. The highest BCUT2D eigenvalue weighted by Gasteiger charge is 2.30. The number of rotatable bonds is 7. The van der Waals surface area contributed by atoms with E-state index in [1.807, 2.05) is 30.3 Å². The molecule has 0 aliphatic rings. The van der Waals surface area contributed by atoms with Crippen LogP contribution in [0.15, 0.2) is 30.3 Å². The third-order valence-electron chi connectivity index (χ3n) is 2.74. The van der Waals surface area contributed by atoms with Crippen LogP contribution in [0.2, 0.25) is 0 Å². The Hall–Kier alpha value is -1.39. The van der Waals surface area contributed by atoms with Gasteiger partial charge in [-0.3, -0.25) is 4.79 Å². The first-order valence-electron chi connectivity index (χ1n) is 6.05. The molecule has 0 bridgehead atoms. The molecule has 0 saturated carbocycles. The Bertz CT molecular complexity index is 363. The summed E-state index contributed by atoms with van der Waals surface area (Å²) in [6.45, 7) is 2.26. The molecule has 0 heterocycles. The summed E-state index contributed by atoms with van der Waals surface area (Å²) < 4.78 is 9.91. The monoisotopic (exact) mass is 252 g/mol. The fourth-order valence-electron chi connectivity index (χ4n) is 1.83. The quantitative estimate of drug-likeness (QED) is 0.753. The lowest BCUT2D eigenvalue weighted by Crippen LogP contribution is -2.32. The van der Waals surface area contributed by atoms with Crippen LogP contribution in [0.1, 0.15) is 25.3 Å². The molecule has 0 spiro atoms. The molecule has 100 valence electrons. The molecule has 18 heavy (non-hydrogen) atoms. The Balaban J connectivity index is 2.72. The number of hydrogen-bond acceptors (Lipinski definition) is 4. The van der Waals surface area contributed by atoms with Crippen LogP contribution in [-0.4, -0.2) is 31.4 Å². The van der Waals surface area contributed by atoms with Crippen molar-refractivity contribution in [1.29, 1.82) is 0 Å². The lowest BCUT2D eigenvalue weighted by Gasteiger charge is -2.27. The van der Waals surface area contributed by atoms with Crippen LogP contribution in [-0.2, 0) is 19.9 Å². The highest BCUT2D eigenvalue weighted by molar-refractivity contribution is 5.69. The Morgan fingerprint density at radius 2 is 2.00 bits per heavy atom. The van der Waals surface area contributed by atoms with Gasteiger partial charge in [0, 0.05) is 13.5 Å². The summed E-state index contributed by atoms with van der Waals surface area (Å²) in [6, 6.07) is 9.22. The molecule has 1 aromatic carbocycles. The van der Waals surface area contributed by atoms with Gasteiger partial charge in [-0.2, -0.15) is 0 Å². The molecular formula is C14H20O4. The molecule has 1 unspecified atom stereocenters. The van der Waals surface area contributed by atoms with Crippen molar-refractivity contribution in [2.24, 2.45) is 0 Å². The van der Waals surface area contributed by atoms with E-state index in [4.69, 9.17) is 9.47 Å². The first kappa shape index (κ1) is 14.7. The molecule has 0 fully saturated rings. The molecule has 0 aliphatic heterocycles. The minimum atomic E-state index is -1.15. The number of carbonyl (C=O) groups excluding carboxylic acids is 1. The van der Waals surface area contributed by atoms with Crippen LogP contribution in [0.25, 0.3) is 0 Å². The second-order valence-electron chi connectivity index (χ2n) is 4.14. The molecule has 0 radical (unpaired) electrons. The summed E-state index contributed by atoms with van der Waals surface area (Å²) >= 11 is 0. The largest absolute Gasteiger partial charge is 0.466 e. The number of hydrogen-bond donors (Lipinski definition) is 1. The third-order valence-corrected chi connectivity index (χ3v) is 2.74. The van der Waals surface area contributed by atoms with E-state index in [0.29, 0.717) is 6.61 Å². The Labute approximate surface area is 108 Å². The number of aliphatic hydroxyl groups is 1. The van der Waals surface area contributed by atoms with Crippen molar-refractivity contribution in [1.82, 2.24) is 0 Å². The number of esters is 1. The molecule has 1 aromatic rings. The van der Waals surface area contributed by atoms with Crippen molar-refractivity contribution in [3.8, 4) is 0 Å². The molecule has 0 aromatic heterocycles. The topological polar surface area (TPSA) is 55.8 Å². The second-order valence-corrected chi connectivity index (χ2v) is 4.14. The number of methoxy groups -OCH3 is 1. The average Bonchev–Trinajstić information content (AvgIpc) is 2.38. The average molecular weight is 252 g/mol. The van der Waals surface area contributed by atoms with Gasteiger partial charge in [-0.1, -0.05) is 30.3 Å². The van der Waals surface area contributed by atoms with Gasteiger partial charge in [0.15, 0.2) is 0 Å². The van der Waals surface area contributed by atoms with Gasteiger partial charge in [0.2, 0.25) is 0 Å². The van der Waals surface area contributed by atoms with Crippen molar-refractivity contribution in [3.63, 3.8) is 0 Å². The molecule has 1 atom stereocenters. The summed E-state index contributed by atoms with van der Waals surface area (Å²) in [5.74, 6) is -0.303. The van der Waals surface area contributed by atoms with Crippen molar-refractivity contribution in [2.45, 2.75) is 25.4 Å². The van der Waals surface area contributed by atoms with E-state index in [1.165, 1.54) is 7.11 Å². The summed E-state index contributed by atoms with van der Waals surface area (Å²) in [6.07, 6.45) is 0.451. The van der Waals surface area contributed by atoms with Crippen LogP contribution >= 0.6 is 0 Å². The van der Waals surface area contributed by atoms with Gasteiger partial charge in [-0.15, -0.1) is 0 Å². The zero-order chi connectivity index (χ0) is 13.4. The molecule has 1 rings (SSSR count). The normalized spacial score (nSPS) is 13.9. The van der Waals surface area contributed by atoms with Gasteiger partial charge in [-0.25, -0.2) is 0 Å². The first-order valence-corrected chi connectivity index (χ1v) is 6.05. The predicted molar refractivity (Wildman–Crippen MR) is 68.1 cm³/mol. The van der Waals surface area contributed by atoms with Crippen LogP contribution in [0, 0.1) is 0 Å². The van der Waals surface area contributed by atoms with Gasteiger partial charge in [0.1, 0.15) is 5.60 Å². The maximum Gasteiger partial charge on any atom is 0.305 e. The van der Waals surface area contributed by atoms with Gasteiger partial charge < -0.3 is 14.6 Å². The van der Waals surface area contributed by atoms with Crippen LogP contribution < -0.4 is 0 Å². The van der Waals surface area contributed by atoms with E-state index in [1.54, 1.807) is 6.92 Å². The van der Waals surface area contributed by atoms with Gasteiger partial charge in [0.25, 0.3) is 0 Å². The Morgan fingerprint density at radius 3 is 2.56 bits per heavy atom. The SMILES string of the molecule is CCOC(=O)CCC(O)(COC)c1ccccc1. The summed E-state index contributed by atoms with van der Waals surface area (Å²) in [5, 5.41) is 10.6. The summed E-state index contributed by atoms with van der Waals surface area (Å²) in [4.78, 5) is 11.4. The van der Waals surface area contributed by atoms with E-state index in [9.17, 15) is 9.90 Å². The van der Waals surface area contributed by atoms with Crippen LogP contribution in [0.3, 0.4) is 0 Å². The van der Waals surface area contributed by atoms with Crippen LogP contribution in [0.5, 0.6) is 0 Å². The lowest BCUT2D eigenvalue weighted by molar-refractivity contribution is -0.145. The highest BCUT2D eigenvalue weighted by atomic mass is 16.5. The van der Waals surface area contributed by atoms with E-state index >= 15 is 0 Å². The molecular weight excluding hydrogens is 232 g/mol. The number of ether oxygens (including phenoxy) is 2. The van der Waals surface area contributed by atoms with Crippen molar-refractivity contribution < 1.29 is 19.4 Å². The third kappa shape index (κ3) is 4.13. The molecule has 4 nitrogen and oxygen atoms in total. The Morgan fingerprint density at radius 1 is 1.33 bits per heavy atom. The van der Waals surface area contributed by atoms with E-state index in [2.05, 4.69) is 0 Å². The van der Waals surface area contributed by atoms with Crippen LogP contribution in [0.4, 0.5) is 0 Å². The zero-order valence-electron chi connectivity index (χ0n) is 10.9. The van der Waals surface area contributed by atoms with Gasteiger partial charge >= 0.3 is 5.97 Å². The number of benzene rings is 1. The fraction of sp³-hybridized carbons (Fsp3) is 0.500. The zero-order valence-corrected chi connectivity index (χ0v) is 10.9. The molecule has 1 N–H and O–H groups in total. The highest BCUT2D eigenvalue weighted by Crippen LogP contribution is 2.26. The van der Waals surface area contributed by atoms with Crippen molar-refractivity contribution >= 4 is 5.97 Å². The maximum atomic E-state index is 11.4. The maximum absolute atomic E-state index is 11.4. The van der Waals surface area contributed by atoms with E-state index < -0.39 is 5.60 Å². The fourth-order valence-corrected chi connectivity index (χ4v) is 1.83. The standard InChI is InChI=1S/C14H20O4/c1-3-18-13(15)9-10-14(16,11-17-2)12-7-5-4-6-8-12/h4-8,16H,3,9-11H2,1-2H3. The smallest absolute Gasteiger partial charge is 0.305 e. The second kappa shape index (κ2) is 7.13. The van der Waals surface area contributed by atoms with Crippen molar-refractivity contribution in [2.75, 3.05) is 20.3 Å². The molecule has 4 heteroatoms. The van der Waals surface area contributed by atoms with Gasteiger partial charge in [-0.05, 0) is 18.9 Å². The Kier molecular flexibility index (Phi) is 5.82. The minimum Gasteiger partial charge on any atom is -0.466 e. The van der Waals surface area contributed by atoms with E-state index in [0.717, 1.165) is 5.56 Å². The van der Waals surface area contributed by atoms with E-state index in [-0.39, 0.29) is 25.4 Å². The molecule has 0 amide bonds. The molecule has 0 aliphatic carbocycles. The molecule has 0 saturated heterocycles. The summed E-state index contributed by atoms with van der Waals surface area (Å²) in [5.41, 5.74) is -0.404.